The standard InChI is InChI=1S/C47H41N3/c1-46(2)26-27-47(3,4)42-31-37(24-25-41(42)46)34-20-22-36(23-21-34)44-48-43(35-18-12-7-13-19-35)49-45(50-44)40-29-38(32-14-8-5-9-15-32)28-39(30-40)33-16-10-6-11-17-33/h5-25,28-31H,26-27H2,1-4H3. The molecule has 0 atom stereocenters. The quantitative estimate of drug-likeness (QED) is 0.180. The van der Waals surface area contributed by atoms with Crippen LogP contribution in [0.25, 0.3) is 67.5 Å². The molecule has 0 bridgehead atoms. The van der Waals surface area contributed by atoms with Crippen LogP contribution in [-0.2, 0) is 10.8 Å². The van der Waals surface area contributed by atoms with Crippen LogP contribution in [0.4, 0.5) is 0 Å². The first-order valence-corrected chi connectivity index (χ1v) is 17.6. The molecule has 7 aromatic rings. The molecular weight excluding hydrogens is 607 g/mol. The highest BCUT2D eigenvalue weighted by atomic mass is 15.0. The van der Waals surface area contributed by atoms with Crippen molar-refractivity contribution in [3.8, 4) is 67.5 Å². The molecule has 0 saturated heterocycles. The first-order valence-electron chi connectivity index (χ1n) is 17.6. The summed E-state index contributed by atoms with van der Waals surface area (Å²) in [4.78, 5) is 15.3. The lowest BCUT2D eigenvalue weighted by Crippen LogP contribution is -2.33. The number of rotatable bonds is 6. The number of hydrogen-bond donors (Lipinski definition) is 0. The topological polar surface area (TPSA) is 38.7 Å². The normalized spacial score (nSPS) is 14.6. The molecule has 0 aliphatic heterocycles. The molecule has 3 nitrogen and oxygen atoms in total. The van der Waals surface area contributed by atoms with Gasteiger partial charge in [0.1, 0.15) is 0 Å². The minimum Gasteiger partial charge on any atom is -0.208 e. The van der Waals surface area contributed by atoms with E-state index in [1.165, 1.54) is 35.1 Å². The summed E-state index contributed by atoms with van der Waals surface area (Å²) >= 11 is 0. The van der Waals surface area contributed by atoms with Gasteiger partial charge in [-0.3, -0.25) is 0 Å². The lowest BCUT2D eigenvalue weighted by Gasteiger charge is -2.42. The van der Waals surface area contributed by atoms with Crippen molar-refractivity contribution in [3.05, 3.63) is 163 Å². The zero-order chi connectivity index (χ0) is 34.3. The molecule has 1 aliphatic carbocycles. The second kappa shape index (κ2) is 12.7. The SMILES string of the molecule is CC1(C)CCC(C)(C)c2cc(-c3ccc(-c4nc(-c5ccccc5)nc(-c5cc(-c6ccccc6)cc(-c6ccccc6)c5)n4)cc3)ccc21. The van der Waals surface area contributed by atoms with Crippen LogP contribution in [0.3, 0.4) is 0 Å². The Balaban J connectivity index is 1.23. The van der Waals surface area contributed by atoms with Crippen LogP contribution < -0.4 is 0 Å². The van der Waals surface area contributed by atoms with E-state index in [1.807, 2.05) is 30.3 Å². The fraction of sp³-hybridized carbons (Fsp3) is 0.170. The van der Waals surface area contributed by atoms with E-state index in [1.54, 1.807) is 0 Å². The molecule has 0 amide bonds. The van der Waals surface area contributed by atoms with Crippen LogP contribution in [0.15, 0.2) is 152 Å². The summed E-state index contributed by atoms with van der Waals surface area (Å²) in [6.45, 7) is 9.52. The molecule has 0 radical (unpaired) electrons. The number of benzene rings is 6. The highest BCUT2D eigenvalue weighted by molar-refractivity contribution is 5.80. The summed E-state index contributed by atoms with van der Waals surface area (Å²) in [6, 6.07) is 53.6. The summed E-state index contributed by atoms with van der Waals surface area (Å²) in [5, 5.41) is 0. The van der Waals surface area contributed by atoms with Gasteiger partial charge in [0.2, 0.25) is 0 Å². The maximum Gasteiger partial charge on any atom is 0.164 e. The lowest BCUT2D eigenvalue weighted by molar-refractivity contribution is 0.332. The van der Waals surface area contributed by atoms with Gasteiger partial charge in [0.25, 0.3) is 0 Å². The minimum absolute atomic E-state index is 0.161. The molecule has 0 fully saturated rings. The monoisotopic (exact) mass is 647 g/mol. The number of aromatic nitrogens is 3. The zero-order valence-electron chi connectivity index (χ0n) is 29.2. The molecule has 0 unspecified atom stereocenters. The summed E-state index contributed by atoms with van der Waals surface area (Å²) in [5.41, 5.74) is 13.1. The first kappa shape index (κ1) is 31.6. The Hall–Kier alpha value is -5.67. The Morgan fingerprint density at radius 3 is 1.20 bits per heavy atom. The molecule has 1 aliphatic rings. The van der Waals surface area contributed by atoms with Crippen molar-refractivity contribution in [2.75, 3.05) is 0 Å². The van der Waals surface area contributed by atoms with E-state index < -0.39 is 0 Å². The molecule has 1 heterocycles. The largest absolute Gasteiger partial charge is 0.208 e. The summed E-state index contributed by atoms with van der Waals surface area (Å²) in [6.07, 6.45) is 2.41. The minimum atomic E-state index is 0.161. The van der Waals surface area contributed by atoms with Gasteiger partial charge in [0.15, 0.2) is 17.5 Å². The molecular formula is C47H41N3. The third-order valence-electron chi connectivity index (χ3n) is 10.4. The molecule has 0 N–H and O–H groups in total. The Morgan fingerprint density at radius 2 is 0.680 bits per heavy atom. The summed E-state index contributed by atoms with van der Waals surface area (Å²) in [5.74, 6) is 1.95. The van der Waals surface area contributed by atoms with Crippen LogP contribution in [0, 0.1) is 0 Å². The van der Waals surface area contributed by atoms with Crippen LogP contribution in [0.5, 0.6) is 0 Å². The van der Waals surface area contributed by atoms with Crippen molar-refractivity contribution < 1.29 is 0 Å². The molecule has 1 aromatic heterocycles. The van der Waals surface area contributed by atoms with Gasteiger partial charge in [-0.1, -0.05) is 161 Å². The van der Waals surface area contributed by atoms with E-state index in [0.29, 0.717) is 17.5 Å². The van der Waals surface area contributed by atoms with Crippen LogP contribution in [0.1, 0.15) is 51.7 Å². The Morgan fingerprint density at radius 1 is 0.320 bits per heavy atom. The Labute approximate surface area is 295 Å². The fourth-order valence-corrected chi connectivity index (χ4v) is 7.28. The van der Waals surface area contributed by atoms with Gasteiger partial charge in [-0.25, -0.2) is 15.0 Å². The molecule has 6 aromatic carbocycles. The van der Waals surface area contributed by atoms with Crippen molar-refractivity contribution in [2.45, 2.75) is 51.4 Å². The third-order valence-corrected chi connectivity index (χ3v) is 10.4. The molecule has 50 heavy (non-hydrogen) atoms. The first-order chi connectivity index (χ1) is 24.2. The van der Waals surface area contributed by atoms with Crippen molar-refractivity contribution in [2.24, 2.45) is 0 Å². The molecule has 3 heteroatoms. The number of nitrogens with zero attached hydrogens (tertiary/aromatic N) is 3. The Kier molecular flexibility index (Phi) is 7.99. The van der Waals surface area contributed by atoms with E-state index >= 15 is 0 Å². The zero-order valence-corrected chi connectivity index (χ0v) is 29.2. The van der Waals surface area contributed by atoms with Gasteiger partial charge in [0.05, 0.1) is 0 Å². The van der Waals surface area contributed by atoms with Gasteiger partial charge >= 0.3 is 0 Å². The van der Waals surface area contributed by atoms with Crippen LogP contribution >= 0.6 is 0 Å². The maximum absolute atomic E-state index is 5.14. The smallest absolute Gasteiger partial charge is 0.164 e. The maximum atomic E-state index is 5.14. The van der Waals surface area contributed by atoms with Gasteiger partial charge in [0, 0.05) is 16.7 Å². The highest BCUT2D eigenvalue weighted by Gasteiger charge is 2.37. The molecule has 0 spiro atoms. The van der Waals surface area contributed by atoms with Crippen LogP contribution in [-0.4, -0.2) is 15.0 Å². The van der Waals surface area contributed by atoms with Gasteiger partial charge in [-0.15, -0.1) is 0 Å². The van der Waals surface area contributed by atoms with Crippen molar-refractivity contribution in [1.82, 2.24) is 15.0 Å². The molecule has 8 rings (SSSR count). The molecule has 244 valence electrons. The second-order valence-corrected chi connectivity index (χ2v) is 14.8. The number of hydrogen-bond acceptors (Lipinski definition) is 3. The lowest BCUT2D eigenvalue weighted by atomic mass is 9.63. The predicted octanol–water partition coefficient (Wildman–Crippen LogP) is 12.2. The van der Waals surface area contributed by atoms with Crippen molar-refractivity contribution in [3.63, 3.8) is 0 Å². The van der Waals surface area contributed by atoms with Crippen LogP contribution in [0.2, 0.25) is 0 Å². The summed E-state index contributed by atoms with van der Waals surface area (Å²) in [7, 11) is 0. The van der Waals surface area contributed by atoms with E-state index in [4.69, 9.17) is 15.0 Å². The highest BCUT2D eigenvalue weighted by Crippen LogP contribution is 2.47. The van der Waals surface area contributed by atoms with E-state index in [2.05, 4.69) is 149 Å². The van der Waals surface area contributed by atoms with Crippen molar-refractivity contribution in [1.29, 1.82) is 0 Å². The average molecular weight is 648 g/mol. The van der Waals surface area contributed by atoms with Crippen molar-refractivity contribution >= 4 is 0 Å². The van der Waals surface area contributed by atoms with Gasteiger partial charge in [-0.2, -0.15) is 0 Å². The third kappa shape index (κ3) is 6.16. The number of fused-ring (bicyclic) bond motifs is 1. The predicted molar refractivity (Wildman–Crippen MR) is 208 cm³/mol. The summed E-state index contributed by atoms with van der Waals surface area (Å²) < 4.78 is 0. The van der Waals surface area contributed by atoms with Gasteiger partial charge < -0.3 is 0 Å². The fourth-order valence-electron chi connectivity index (χ4n) is 7.28. The van der Waals surface area contributed by atoms with E-state index in [-0.39, 0.29) is 10.8 Å². The average Bonchev–Trinajstić information content (AvgIpc) is 3.17. The second-order valence-electron chi connectivity index (χ2n) is 14.8. The van der Waals surface area contributed by atoms with Gasteiger partial charge in [-0.05, 0) is 86.4 Å². The van der Waals surface area contributed by atoms with E-state index in [0.717, 1.165) is 38.9 Å². The van der Waals surface area contributed by atoms with E-state index in [9.17, 15) is 0 Å². The molecule has 0 saturated carbocycles. The Bertz CT molecular complexity index is 2230.